The Morgan fingerprint density at radius 3 is 2.71 bits per heavy atom. The fourth-order valence-electron chi connectivity index (χ4n) is 4.37. The highest BCUT2D eigenvalue weighted by Gasteiger charge is 2.43. The van der Waals surface area contributed by atoms with E-state index < -0.39 is 0 Å². The van der Waals surface area contributed by atoms with Gasteiger partial charge in [-0.25, -0.2) is 0 Å². The summed E-state index contributed by atoms with van der Waals surface area (Å²) in [6, 6.07) is 0. The molecule has 120 valence electrons. The van der Waals surface area contributed by atoms with Gasteiger partial charge in [0.1, 0.15) is 0 Å². The topological polar surface area (TPSA) is 30.9 Å². The minimum Gasteiger partial charge on any atom is -0.356 e. The van der Waals surface area contributed by atoms with Crippen LogP contribution in [-0.4, -0.2) is 62.1 Å². The first-order valence-corrected chi connectivity index (χ1v) is 8.93. The molecule has 0 amide bonds. The summed E-state index contributed by atoms with van der Waals surface area (Å²) in [5, 5.41) is 3.66. The minimum atomic E-state index is 0.654. The third kappa shape index (κ3) is 3.36. The molecule has 0 aromatic carbocycles. The number of nitrogens with one attached hydrogen (secondary N) is 1. The second-order valence-electron chi connectivity index (χ2n) is 7.35. The molecule has 0 aromatic rings. The maximum Gasteiger partial charge on any atom is 0.193 e. The van der Waals surface area contributed by atoms with E-state index in [1.54, 1.807) is 0 Å². The number of rotatable bonds is 3. The molecule has 1 unspecified atom stereocenters. The molecular formula is C17H32N4. The molecule has 3 fully saturated rings. The Morgan fingerprint density at radius 2 is 2.10 bits per heavy atom. The number of likely N-dealkylation sites (tertiary alicyclic amines) is 2. The molecule has 1 atom stereocenters. The van der Waals surface area contributed by atoms with Gasteiger partial charge in [0.2, 0.25) is 0 Å². The lowest BCUT2D eigenvalue weighted by Gasteiger charge is -2.38. The summed E-state index contributed by atoms with van der Waals surface area (Å²) in [5.74, 6) is 1.93. The molecule has 0 radical (unpaired) electrons. The van der Waals surface area contributed by atoms with Crippen LogP contribution in [-0.2, 0) is 0 Å². The van der Waals surface area contributed by atoms with Crippen molar-refractivity contribution in [2.75, 3.05) is 46.3 Å². The maximum atomic E-state index is 4.54. The fourth-order valence-corrected chi connectivity index (χ4v) is 4.37. The zero-order chi connectivity index (χ0) is 14.7. The number of nitrogens with zero attached hydrogens (tertiary/aromatic N) is 3. The number of aliphatic imine (C=N–C) groups is 1. The second kappa shape index (κ2) is 6.55. The second-order valence-corrected chi connectivity index (χ2v) is 7.35. The number of piperidine rings is 1. The minimum absolute atomic E-state index is 0.654. The Morgan fingerprint density at radius 1 is 1.24 bits per heavy atom. The molecule has 2 aliphatic heterocycles. The molecule has 3 rings (SSSR count). The summed E-state index contributed by atoms with van der Waals surface area (Å²) >= 11 is 0. The Labute approximate surface area is 130 Å². The Hall–Kier alpha value is -0.770. The summed E-state index contributed by atoms with van der Waals surface area (Å²) in [5.41, 5.74) is 0.654. The van der Waals surface area contributed by atoms with Crippen molar-refractivity contribution in [3.05, 3.63) is 0 Å². The summed E-state index contributed by atoms with van der Waals surface area (Å²) in [6.45, 7) is 9.54. The monoisotopic (exact) mass is 292 g/mol. The fraction of sp³-hybridized carbons (Fsp3) is 0.941. The molecule has 3 aliphatic rings. The SMILES string of the molecule is CCN1CCCC(CNC(=NC)N2CCC3(CCC3)C2)C1. The lowest BCUT2D eigenvalue weighted by Crippen LogP contribution is -2.46. The summed E-state index contributed by atoms with van der Waals surface area (Å²) in [7, 11) is 1.94. The average molecular weight is 292 g/mol. The van der Waals surface area contributed by atoms with E-state index in [0.717, 1.165) is 18.4 Å². The quantitative estimate of drug-likeness (QED) is 0.639. The highest BCUT2D eigenvalue weighted by atomic mass is 15.3. The van der Waals surface area contributed by atoms with Crippen LogP contribution < -0.4 is 5.32 Å². The van der Waals surface area contributed by atoms with Crippen molar-refractivity contribution in [2.24, 2.45) is 16.3 Å². The van der Waals surface area contributed by atoms with Gasteiger partial charge < -0.3 is 15.1 Å². The van der Waals surface area contributed by atoms with Gasteiger partial charge in [-0.05, 0) is 56.5 Å². The first-order valence-electron chi connectivity index (χ1n) is 8.93. The smallest absolute Gasteiger partial charge is 0.193 e. The van der Waals surface area contributed by atoms with E-state index in [4.69, 9.17) is 0 Å². The molecule has 4 heteroatoms. The van der Waals surface area contributed by atoms with Crippen molar-refractivity contribution < 1.29 is 0 Å². The van der Waals surface area contributed by atoms with Crippen LogP contribution in [0.1, 0.15) is 45.4 Å². The standard InChI is InChI=1S/C17H32N4/c1-3-20-10-4-6-15(13-20)12-19-16(18-2)21-11-9-17(14-21)7-5-8-17/h15H,3-14H2,1-2H3,(H,18,19). The van der Waals surface area contributed by atoms with Crippen LogP contribution in [0.25, 0.3) is 0 Å². The normalized spacial score (nSPS) is 29.7. The summed E-state index contributed by atoms with van der Waals surface area (Å²) in [4.78, 5) is 9.62. The molecule has 1 saturated carbocycles. The third-order valence-corrected chi connectivity index (χ3v) is 5.96. The molecule has 4 nitrogen and oxygen atoms in total. The third-order valence-electron chi connectivity index (χ3n) is 5.96. The van der Waals surface area contributed by atoms with Crippen LogP contribution in [0.3, 0.4) is 0 Å². The van der Waals surface area contributed by atoms with Gasteiger partial charge in [-0.2, -0.15) is 0 Å². The predicted molar refractivity (Wildman–Crippen MR) is 88.7 cm³/mol. The highest BCUT2D eigenvalue weighted by molar-refractivity contribution is 5.80. The van der Waals surface area contributed by atoms with Gasteiger partial charge in [0.05, 0.1) is 0 Å². The number of hydrogen-bond acceptors (Lipinski definition) is 2. The molecule has 0 bridgehead atoms. The van der Waals surface area contributed by atoms with Gasteiger partial charge in [-0.3, -0.25) is 4.99 Å². The largest absolute Gasteiger partial charge is 0.356 e. The first kappa shape index (κ1) is 15.1. The number of guanidine groups is 1. The zero-order valence-corrected chi connectivity index (χ0v) is 13.9. The predicted octanol–water partition coefficient (Wildman–Crippen LogP) is 2.17. The summed E-state index contributed by atoms with van der Waals surface area (Å²) in [6.07, 6.45) is 8.41. The van der Waals surface area contributed by atoms with Crippen molar-refractivity contribution in [1.29, 1.82) is 0 Å². The van der Waals surface area contributed by atoms with E-state index in [9.17, 15) is 0 Å². The van der Waals surface area contributed by atoms with Crippen molar-refractivity contribution in [3.63, 3.8) is 0 Å². The lowest BCUT2D eigenvalue weighted by molar-refractivity contribution is 0.151. The molecule has 1 spiro atoms. The summed E-state index contributed by atoms with van der Waals surface area (Å²) < 4.78 is 0. The molecule has 1 N–H and O–H groups in total. The van der Waals surface area contributed by atoms with Crippen LogP contribution in [0.4, 0.5) is 0 Å². The van der Waals surface area contributed by atoms with E-state index in [0.29, 0.717) is 5.41 Å². The van der Waals surface area contributed by atoms with Crippen molar-refractivity contribution in [3.8, 4) is 0 Å². The van der Waals surface area contributed by atoms with Crippen LogP contribution in [0.2, 0.25) is 0 Å². The van der Waals surface area contributed by atoms with Crippen molar-refractivity contribution >= 4 is 5.96 Å². The molecule has 21 heavy (non-hydrogen) atoms. The Balaban J connectivity index is 1.47. The van der Waals surface area contributed by atoms with Crippen LogP contribution >= 0.6 is 0 Å². The average Bonchev–Trinajstić information content (AvgIpc) is 2.94. The van der Waals surface area contributed by atoms with E-state index in [-0.39, 0.29) is 0 Å². The maximum absolute atomic E-state index is 4.54. The van der Waals surface area contributed by atoms with Gasteiger partial charge in [-0.1, -0.05) is 13.3 Å². The van der Waals surface area contributed by atoms with Gasteiger partial charge in [0, 0.05) is 33.2 Å². The molecular weight excluding hydrogens is 260 g/mol. The van der Waals surface area contributed by atoms with Crippen molar-refractivity contribution in [1.82, 2.24) is 15.1 Å². The van der Waals surface area contributed by atoms with E-state index in [1.165, 1.54) is 71.2 Å². The molecule has 2 saturated heterocycles. The van der Waals surface area contributed by atoms with Crippen LogP contribution in [0, 0.1) is 11.3 Å². The van der Waals surface area contributed by atoms with Gasteiger partial charge in [-0.15, -0.1) is 0 Å². The van der Waals surface area contributed by atoms with Crippen LogP contribution in [0.5, 0.6) is 0 Å². The highest BCUT2D eigenvalue weighted by Crippen LogP contribution is 2.47. The van der Waals surface area contributed by atoms with E-state index >= 15 is 0 Å². The van der Waals surface area contributed by atoms with Gasteiger partial charge in [0.15, 0.2) is 5.96 Å². The first-order chi connectivity index (χ1) is 10.2. The van der Waals surface area contributed by atoms with E-state index in [2.05, 4.69) is 27.0 Å². The lowest BCUT2D eigenvalue weighted by atomic mass is 9.68. The number of hydrogen-bond donors (Lipinski definition) is 1. The van der Waals surface area contributed by atoms with Crippen molar-refractivity contribution in [2.45, 2.75) is 45.4 Å². The molecule has 0 aromatic heterocycles. The van der Waals surface area contributed by atoms with Crippen LogP contribution in [0.15, 0.2) is 4.99 Å². The Kier molecular flexibility index (Phi) is 4.72. The molecule has 2 heterocycles. The zero-order valence-electron chi connectivity index (χ0n) is 13.9. The van der Waals surface area contributed by atoms with Gasteiger partial charge in [0.25, 0.3) is 0 Å². The van der Waals surface area contributed by atoms with Gasteiger partial charge >= 0.3 is 0 Å². The Bertz CT molecular complexity index is 375. The molecule has 1 aliphatic carbocycles. The van der Waals surface area contributed by atoms with E-state index in [1.807, 2.05) is 7.05 Å².